The fourth-order valence-corrected chi connectivity index (χ4v) is 4.34. The maximum Gasteiger partial charge on any atom is 0.315 e. The highest BCUT2D eigenvalue weighted by molar-refractivity contribution is 5.79. The van der Waals surface area contributed by atoms with Gasteiger partial charge >= 0.3 is 6.43 Å². The molecular weight excluding hydrogens is 423 g/mol. The van der Waals surface area contributed by atoms with Crippen LogP contribution in [-0.2, 0) is 16.1 Å². The van der Waals surface area contributed by atoms with Gasteiger partial charge in [0.1, 0.15) is 12.8 Å². The average molecular weight is 449 g/mol. The first-order valence-electron chi connectivity index (χ1n) is 10.6. The molecule has 2 saturated heterocycles. The predicted molar refractivity (Wildman–Crippen MR) is 112 cm³/mol. The number of benzene rings is 1. The van der Waals surface area contributed by atoms with Gasteiger partial charge in [-0.05, 0) is 36.6 Å². The highest BCUT2D eigenvalue weighted by atomic mass is 19.3. The summed E-state index contributed by atoms with van der Waals surface area (Å²) in [5.41, 5.74) is 3.21. The van der Waals surface area contributed by atoms with Gasteiger partial charge in [0.2, 0.25) is 0 Å². The van der Waals surface area contributed by atoms with Gasteiger partial charge in [-0.2, -0.15) is 8.78 Å². The van der Waals surface area contributed by atoms with Gasteiger partial charge in [-0.25, -0.2) is 4.39 Å². The number of hydrogen-bond donors (Lipinski definition) is 2. The number of alkyl halides is 3. The van der Waals surface area contributed by atoms with E-state index < -0.39 is 31.2 Å². The SMILES string of the molecule is O=C(N[C@H](CF)[C@@H](O)c1ccc(-c2ccc(CN3CCCC34COC4)nc2)cc1)C(F)F. The Balaban J connectivity index is 1.39. The van der Waals surface area contributed by atoms with E-state index in [2.05, 4.69) is 9.88 Å². The van der Waals surface area contributed by atoms with Crippen molar-refractivity contribution in [3.05, 3.63) is 53.9 Å². The Labute approximate surface area is 184 Å². The number of rotatable bonds is 8. The molecule has 1 aromatic heterocycles. The average Bonchev–Trinajstić information content (AvgIpc) is 3.21. The van der Waals surface area contributed by atoms with E-state index in [0.29, 0.717) is 5.56 Å². The van der Waals surface area contributed by atoms with Gasteiger partial charge in [-0.3, -0.25) is 14.7 Å². The minimum Gasteiger partial charge on any atom is -0.386 e. The van der Waals surface area contributed by atoms with Crippen LogP contribution in [0.2, 0.25) is 0 Å². The number of aromatic nitrogens is 1. The smallest absolute Gasteiger partial charge is 0.315 e. The van der Waals surface area contributed by atoms with Gasteiger partial charge < -0.3 is 15.2 Å². The van der Waals surface area contributed by atoms with Crippen LogP contribution < -0.4 is 5.32 Å². The van der Waals surface area contributed by atoms with Crippen LogP contribution in [0.1, 0.15) is 30.2 Å². The predicted octanol–water partition coefficient (Wildman–Crippen LogP) is 2.87. The van der Waals surface area contributed by atoms with Crippen molar-refractivity contribution in [3.8, 4) is 11.1 Å². The van der Waals surface area contributed by atoms with E-state index in [9.17, 15) is 23.1 Å². The van der Waals surface area contributed by atoms with Gasteiger partial charge in [-0.1, -0.05) is 30.3 Å². The van der Waals surface area contributed by atoms with Crippen LogP contribution >= 0.6 is 0 Å². The molecule has 2 aliphatic heterocycles. The van der Waals surface area contributed by atoms with Gasteiger partial charge in [-0.15, -0.1) is 0 Å². The van der Waals surface area contributed by atoms with Crippen LogP contribution in [0.3, 0.4) is 0 Å². The van der Waals surface area contributed by atoms with E-state index in [4.69, 9.17) is 4.74 Å². The monoisotopic (exact) mass is 449 g/mol. The molecule has 9 heteroatoms. The summed E-state index contributed by atoms with van der Waals surface area (Å²) >= 11 is 0. The van der Waals surface area contributed by atoms with E-state index in [-0.39, 0.29) is 5.54 Å². The molecule has 6 nitrogen and oxygen atoms in total. The molecule has 32 heavy (non-hydrogen) atoms. The van der Waals surface area contributed by atoms with Crippen LogP contribution in [0.15, 0.2) is 42.6 Å². The van der Waals surface area contributed by atoms with Crippen molar-refractivity contribution in [2.45, 2.75) is 43.5 Å². The Bertz CT molecular complexity index is 920. The third-order valence-electron chi connectivity index (χ3n) is 6.32. The molecular formula is C23H26F3N3O3. The van der Waals surface area contributed by atoms with Crippen LogP contribution in [0.5, 0.6) is 0 Å². The summed E-state index contributed by atoms with van der Waals surface area (Å²) in [4.78, 5) is 18.2. The number of amides is 1. The second-order valence-electron chi connectivity index (χ2n) is 8.42. The molecule has 0 unspecified atom stereocenters. The molecule has 172 valence electrons. The number of likely N-dealkylation sites (tertiary alicyclic amines) is 1. The summed E-state index contributed by atoms with van der Waals surface area (Å²) in [5, 5.41) is 12.1. The first-order chi connectivity index (χ1) is 15.4. The zero-order valence-corrected chi connectivity index (χ0v) is 17.5. The molecule has 0 saturated carbocycles. The molecule has 1 aromatic carbocycles. The zero-order chi connectivity index (χ0) is 22.7. The summed E-state index contributed by atoms with van der Waals surface area (Å²) < 4.78 is 43.4. The topological polar surface area (TPSA) is 74.7 Å². The Morgan fingerprint density at radius 3 is 2.47 bits per heavy atom. The Hall–Kier alpha value is -2.49. The summed E-state index contributed by atoms with van der Waals surface area (Å²) in [7, 11) is 0. The Morgan fingerprint density at radius 1 is 1.19 bits per heavy atom. The second kappa shape index (κ2) is 9.56. The Morgan fingerprint density at radius 2 is 1.91 bits per heavy atom. The summed E-state index contributed by atoms with van der Waals surface area (Å²) in [6.07, 6.45) is -0.589. The van der Waals surface area contributed by atoms with Crippen molar-refractivity contribution >= 4 is 5.91 Å². The molecule has 3 heterocycles. The molecule has 2 aliphatic rings. The molecule has 0 bridgehead atoms. The fraction of sp³-hybridized carbons (Fsp3) is 0.478. The summed E-state index contributed by atoms with van der Waals surface area (Å²) in [6, 6.07) is 9.15. The molecule has 2 aromatic rings. The quantitative estimate of drug-likeness (QED) is 0.648. The molecule has 0 radical (unpaired) electrons. The number of nitrogens with zero attached hydrogens (tertiary/aromatic N) is 2. The van der Waals surface area contributed by atoms with E-state index in [1.807, 2.05) is 17.4 Å². The van der Waals surface area contributed by atoms with E-state index in [1.165, 1.54) is 12.8 Å². The third-order valence-corrected chi connectivity index (χ3v) is 6.32. The van der Waals surface area contributed by atoms with Gasteiger partial charge in [0.05, 0.1) is 30.5 Å². The lowest BCUT2D eigenvalue weighted by Crippen LogP contribution is -2.58. The normalized spacial score (nSPS) is 19.7. The highest BCUT2D eigenvalue weighted by Crippen LogP contribution is 2.36. The molecule has 1 spiro atoms. The first-order valence-corrected chi connectivity index (χ1v) is 10.6. The summed E-state index contributed by atoms with van der Waals surface area (Å²) in [5.74, 6) is -1.61. The van der Waals surface area contributed by atoms with E-state index in [0.717, 1.165) is 43.1 Å². The fourth-order valence-electron chi connectivity index (χ4n) is 4.34. The minimum absolute atomic E-state index is 0.184. The lowest BCUT2D eigenvalue weighted by atomic mass is 9.94. The van der Waals surface area contributed by atoms with Crippen LogP contribution in [0.25, 0.3) is 11.1 Å². The van der Waals surface area contributed by atoms with Crippen LogP contribution in [-0.4, -0.2) is 65.3 Å². The number of carbonyl (C=O) groups excluding carboxylic acids is 1. The molecule has 1 amide bonds. The number of carbonyl (C=O) groups is 1. The van der Waals surface area contributed by atoms with Crippen LogP contribution in [0.4, 0.5) is 13.2 Å². The van der Waals surface area contributed by atoms with Gasteiger partial charge in [0, 0.05) is 18.3 Å². The number of ether oxygens (including phenoxy) is 1. The molecule has 2 N–H and O–H groups in total. The largest absolute Gasteiger partial charge is 0.386 e. The lowest BCUT2D eigenvalue weighted by Gasteiger charge is -2.45. The number of halogens is 3. The summed E-state index contributed by atoms with van der Waals surface area (Å²) in [6.45, 7) is 2.24. The molecule has 2 atom stereocenters. The molecule has 4 rings (SSSR count). The third kappa shape index (κ3) is 4.65. The molecule has 2 fully saturated rings. The lowest BCUT2D eigenvalue weighted by molar-refractivity contribution is -0.133. The maximum atomic E-state index is 13.2. The van der Waals surface area contributed by atoms with Crippen molar-refractivity contribution in [3.63, 3.8) is 0 Å². The van der Waals surface area contributed by atoms with Gasteiger partial charge in [0.25, 0.3) is 5.91 Å². The second-order valence-corrected chi connectivity index (χ2v) is 8.42. The number of pyridine rings is 1. The maximum absolute atomic E-state index is 13.2. The first kappa shape index (κ1) is 22.7. The van der Waals surface area contributed by atoms with Gasteiger partial charge in [0.15, 0.2) is 0 Å². The Kier molecular flexibility index (Phi) is 6.78. The number of aliphatic hydroxyl groups is 1. The highest BCUT2D eigenvalue weighted by Gasteiger charge is 2.47. The zero-order valence-electron chi connectivity index (χ0n) is 17.5. The van der Waals surface area contributed by atoms with Crippen molar-refractivity contribution in [2.24, 2.45) is 0 Å². The van der Waals surface area contributed by atoms with E-state index >= 15 is 0 Å². The van der Waals surface area contributed by atoms with Crippen molar-refractivity contribution < 1.29 is 27.8 Å². The van der Waals surface area contributed by atoms with Crippen molar-refractivity contribution in [1.29, 1.82) is 0 Å². The minimum atomic E-state index is -3.27. The van der Waals surface area contributed by atoms with E-state index in [1.54, 1.807) is 30.5 Å². The number of hydrogen-bond acceptors (Lipinski definition) is 5. The van der Waals surface area contributed by atoms with Crippen molar-refractivity contribution in [1.82, 2.24) is 15.2 Å². The van der Waals surface area contributed by atoms with Crippen LogP contribution in [0, 0.1) is 0 Å². The number of aliphatic hydroxyl groups excluding tert-OH is 1. The number of nitrogens with one attached hydrogen (secondary N) is 1. The molecule has 0 aliphatic carbocycles. The standard InChI is InChI=1S/C23H26F3N3O3/c24-10-19(28-22(31)21(25)26)20(30)16-4-2-15(3-5-16)17-6-7-18(27-11-17)12-29-9-1-8-23(29)13-32-14-23/h2-7,11,19-21,30H,1,8-10,12-14H2,(H,28,31)/t19-,20+/m1/s1. The van der Waals surface area contributed by atoms with Crippen molar-refractivity contribution in [2.75, 3.05) is 26.4 Å².